The van der Waals surface area contributed by atoms with E-state index in [0.29, 0.717) is 11.6 Å². The molecule has 166 valence electrons. The van der Waals surface area contributed by atoms with Crippen molar-refractivity contribution in [3.05, 3.63) is 59.4 Å². The van der Waals surface area contributed by atoms with Crippen molar-refractivity contribution in [3.8, 4) is 5.75 Å². The van der Waals surface area contributed by atoms with Crippen molar-refractivity contribution < 1.29 is 41.4 Å². The largest absolute Gasteiger partial charge is 0.486 e. The molecule has 7 nitrogen and oxygen atoms in total. The number of ether oxygens (including phenoxy) is 2. The van der Waals surface area contributed by atoms with Crippen molar-refractivity contribution in [2.24, 2.45) is 0 Å². The Bertz CT molecular complexity index is 949. The lowest BCUT2D eigenvalue weighted by molar-refractivity contribution is -0.144. The lowest BCUT2D eigenvalue weighted by Crippen LogP contribution is -2.34. The van der Waals surface area contributed by atoms with E-state index >= 15 is 0 Å². The Kier molecular flexibility index (Phi) is 7.94. The highest BCUT2D eigenvalue weighted by molar-refractivity contribution is 6.01. The summed E-state index contributed by atoms with van der Waals surface area (Å²) in [6.45, 7) is -1.39. The third kappa shape index (κ3) is 7.96. The van der Waals surface area contributed by atoms with Crippen LogP contribution in [-0.2, 0) is 20.9 Å². The number of hydrogen-bond donors (Lipinski definition) is 2. The van der Waals surface area contributed by atoms with E-state index in [1.165, 1.54) is 0 Å². The van der Waals surface area contributed by atoms with Gasteiger partial charge in [0.2, 0.25) is 0 Å². The van der Waals surface area contributed by atoms with E-state index in [4.69, 9.17) is 4.74 Å². The lowest BCUT2D eigenvalue weighted by atomic mass is 10.1. The van der Waals surface area contributed by atoms with Gasteiger partial charge in [-0.2, -0.15) is 13.2 Å². The van der Waals surface area contributed by atoms with Crippen molar-refractivity contribution >= 4 is 23.5 Å². The van der Waals surface area contributed by atoms with Crippen LogP contribution in [0.2, 0.25) is 0 Å². The molecule has 0 heterocycles. The second kappa shape index (κ2) is 10.4. The molecule has 0 saturated carbocycles. The molecule has 0 fully saturated rings. The summed E-state index contributed by atoms with van der Waals surface area (Å²) in [5.74, 6) is -4.21. The van der Waals surface area contributed by atoms with Crippen LogP contribution in [0.5, 0.6) is 5.75 Å². The van der Waals surface area contributed by atoms with E-state index < -0.39 is 48.5 Å². The van der Waals surface area contributed by atoms with Crippen LogP contribution in [0, 0.1) is 5.82 Å². The monoisotopic (exact) mass is 442 g/mol. The van der Waals surface area contributed by atoms with Crippen LogP contribution in [0.25, 0.3) is 0 Å². The fourth-order valence-corrected chi connectivity index (χ4v) is 2.37. The highest BCUT2D eigenvalue weighted by atomic mass is 19.4. The average molecular weight is 442 g/mol. The minimum Gasteiger partial charge on any atom is -0.486 e. The van der Waals surface area contributed by atoms with Gasteiger partial charge < -0.3 is 20.1 Å². The molecule has 11 heteroatoms. The molecule has 0 radical (unpaired) electrons. The first-order chi connectivity index (χ1) is 14.5. The van der Waals surface area contributed by atoms with Crippen LogP contribution in [-0.4, -0.2) is 37.1 Å². The maximum absolute atomic E-state index is 14.1. The molecular weight excluding hydrogens is 424 g/mol. The minimum atomic E-state index is -4.69. The summed E-state index contributed by atoms with van der Waals surface area (Å²) < 4.78 is 61.6. The summed E-state index contributed by atoms with van der Waals surface area (Å²) >= 11 is 0. The highest BCUT2D eigenvalue weighted by Crippen LogP contribution is 2.32. The number of anilines is 1. The number of carbonyl (C=O) groups is 3. The Morgan fingerprint density at radius 2 is 1.74 bits per heavy atom. The highest BCUT2D eigenvalue weighted by Gasteiger charge is 2.29. The predicted molar refractivity (Wildman–Crippen MR) is 101 cm³/mol. The van der Waals surface area contributed by atoms with Gasteiger partial charge in [0.25, 0.3) is 11.8 Å². The zero-order valence-electron chi connectivity index (χ0n) is 16.2. The van der Waals surface area contributed by atoms with Crippen LogP contribution in [0.1, 0.15) is 22.8 Å². The second-order valence-electron chi connectivity index (χ2n) is 6.23. The molecular formula is C20H18F4N2O5. The number of nitrogens with one attached hydrogen (secondary N) is 2. The number of carbonyl (C=O) groups excluding carboxylic acids is 3. The molecule has 2 N–H and O–H groups in total. The topological polar surface area (TPSA) is 93.7 Å². The quantitative estimate of drug-likeness (QED) is 0.484. The van der Waals surface area contributed by atoms with E-state index in [1.807, 2.05) is 0 Å². The Hall–Kier alpha value is -3.63. The maximum Gasteiger partial charge on any atom is 0.405 e. The van der Waals surface area contributed by atoms with Gasteiger partial charge in [-0.25, -0.2) is 4.39 Å². The summed E-state index contributed by atoms with van der Waals surface area (Å²) in [5.41, 5.74) is -0.223. The fraction of sp³-hybridized carbons (Fsp3) is 0.250. The number of esters is 1. The van der Waals surface area contributed by atoms with E-state index in [9.17, 15) is 31.9 Å². The van der Waals surface area contributed by atoms with E-state index in [1.54, 1.807) is 35.6 Å². The first-order valence-corrected chi connectivity index (χ1v) is 8.83. The summed E-state index contributed by atoms with van der Waals surface area (Å²) in [4.78, 5) is 35.1. The number of benzene rings is 2. The molecule has 2 aromatic carbocycles. The molecule has 0 spiro atoms. The van der Waals surface area contributed by atoms with Gasteiger partial charge in [-0.15, -0.1) is 0 Å². The first kappa shape index (κ1) is 23.6. The van der Waals surface area contributed by atoms with Crippen LogP contribution < -0.4 is 15.4 Å². The Balaban J connectivity index is 2.34. The number of halogens is 4. The van der Waals surface area contributed by atoms with Gasteiger partial charge >= 0.3 is 12.1 Å². The number of alkyl halides is 3. The van der Waals surface area contributed by atoms with Gasteiger partial charge in [-0.05, 0) is 11.6 Å². The van der Waals surface area contributed by atoms with Crippen LogP contribution >= 0.6 is 0 Å². The zero-order valence-corrected chi connectivity index (χ0v) is 16.2. The molecule has 0 aliphatic heterocycles. The third-order valence-electron chi connectivity index (χ3n) is 3.65. The lowest BCUT2D eigenvalue weighted by Gasteiger charge is -2.17. The Morgan fingerprint density at radius 1 is 1.06 bits per heavy atom. The standard InChI is InChI=1S/C20H18F4N2O5/c1-12(27)30-10-17(28)26-16-8-14(21)7-15(19(29)25-11-20(22,23)24)18(16)31-9-13-5-3-2-4-6-13/h2-8H,9-11H2,1H3,(H,25,29)(H,26,28). The van der Waals surface area contributed by atoms with Crippen LogP contribution in [0.4, 0.5) is 23.2 Å². The molecule has 0 saturated heterocycles. The van der Waals surface area contributed by atoms with Crippen molar-refractivity contribution in [3.63, 3.8) is 0 Å². The second-order valence-corrected chi connectivity index (χ2v) is 6.23. The van der Waals surface area contributed by atoms with Gasteiger partial charge in [-0.3, -0.25) is 14.4 Å². The minimum absolute atomic E-state index is 0.126. The Labute approximate surface area is 174 Å². The molecule has 0 aromatic heterocycles. The first-order valence-electron chi connectivity index (χ1n) is 8.83. The average Bonchev–Trinajstić information content (AvgIpc) is 2.69. The number of hydrogen-bond acceptors (Lipinski definition) is 5. The summed E-state index contributed by atoms with van der Waals surface area (Å²) in [7, 11) is 0. The van der Waals surface area contributed by atoms with Crippen LogP contribution in [0.3, 0.4) is 0 Å². The summed E-state index contributed by atoms with van der Waals surface area (Å²) in [5, 5.41) is 3.86. The number of rotatable bonds is 8. The van der Waals surface area contributed by atoms with E-state index in [-0.39, 0.29) is 18.0 Å². The van der Waals surface area contributed by atoms with Gasteiger partial charge in [0.1, 0.15) is 19.0 Å². The van der Waals surface area contributed by atoms with Crippen molar-refractivity contribution in [1.29, 1.82) is 0 Å². The fourth-order valence-electron chi connectivity index (χ4n) is 2.37. The zero-order chi connectivity index (χ0) is 23.0. The summed E-state index contributed by atoms with van der Waals surface area (Å²) in [6, 6.07) is 10.1. The predicted octanol–water partition coefficient (Wildman–Crippen LogP) is 3.20. The molecule has 0 aliphatic carbocycles. The third-order valence-corrected chi connectivity index (χ3v) is 3.65. The summed E-state index contributed by atoms with van der Waals surface area (Å²) in [6.07, 6.45) is -4.69. The van der Waals surface area contributed by atoms with Crippen molar-refractivity contribution in [2.45, 2.75) is 19.7 Å². The molecule has 2 rings (SSSR count). The van der Waals surface area contributed by atoms with Crippen molar-refractivity contribution in [1.82, 2.24) is 5.32 Å². The van der Waals surface area contributed by atoms with Crippen LogP contribution in [0.15, 0.2) is 42.5 Å². The van der Waals surface area contributed by atoms with Gasteiger partial charge in [0.15, 0.2) is 12.4 Å². The maximum atomic E-state index is 14.1. The molecule has 2 aromatic rings. The van der Waals surface area contributed by atoms with Gasteiger partial charge in [-0.1, -0.05) is 30.3 Å². The smallest absolute Gasteiger partial charge is 0.405 e. The molecule has 2 amide bonds. The Morgan fingerprint density at radius 3 is 2.35 bits per heavy atom. The molecule has 0 aliphatic rings. The normalized spacial score (nSPS) is 10.9. The SMILES string of the molecule is CC(=O)OCC(=O)Nc1cc(F)cc(C(=O)NCC(F)(F)F)c1OCc1ccccc1. The molecule has 0 bridgehead atoms. The van der Waals surface area contributed by atoms with E-state index in [2.05, 4.69) is 10.1 Å². The molecule has 0 unspecified atom stereocenters. The number of amides is 2. The van der Waals surface area contributed by atoms with Gasteiger partial charge in [0.05, 0.1) is 11.3 Å². The van der Waals surface area contributed by atoms with Crippen molar-refractivity contribution in [2.75, 3.05) is 18.5 Å². The molecule has 0 atom stereocenters. The molecule has 31 heavy (non-hydrogen) atoms. The van der Waals surface area contributed by atoms with E-state index in [0.717, 1.165) is 13.0 Å². The van der Waals surface area contributed by atoms with Gasteiger partial charge in [0, 0.05) is 13.0 Å².